The maximum atomic E-state index is 13.5. The molecule has 1 amide bonds. The first-order valence-corrected chi connectivity index (χ1v) is 13.2. The normalized spacial score (nSPS) is 12.4. The molecule has 1 N–H and O–H groups in total. The topological polar surface area (TPSA) is 75.7 Å². The Hall–Kier alpha value is -2.39. The number of hydrogen-bond donors (Lipinski definition) is 1. The molecule has 0 saturated heterocycles. The molecule has 0 aliphatic heterocycles. The van der Waals surface area contributed by atoms with Crippen LogP contribution in [0.1, 0.15) is 24.1 Å². The molecule has 3 rings (SSSR count). The zero-order valence-corrected chi connectivity index (χ0v) is 22.0. The van der Waals surface area contributed by atoms with Crippen LogP contribution in [0, 0.1) is 0 Å². The summed E-state index contributed by atoms with van der Waals surface area (Å²) in [5, 5.41) is 3.07. The molecule has 0 heterocycles. The van der Waals surface area contributed by atoms with Crippen LogP contribution in [0.5, 0.6) is 5.75 Å². The molecular weight excluding hydrogens is 540 g/mol. The van der Waals surface area contributed by atoms with Gasteiger partial charge >= 0.3 is 0 Å². The summed E-state index contributed by atoms with van der Waals surface area (Å²) >= 11 is 9.57. The third-order valence-corrected chi connectivity index (χ3v) is 7.99. The van der Waals surface area contributed by atoms with Crippen LogP contribution in [0.3, 0.4) is 0 Å². The fraction of sp³-hybridized carbons (Fsp3) is 0.240. The molecule has 0 spiro atoms. The van der Waals surface area contributed by atoms with Crippen LogP contribution in [0.2, 0.25) is 5.02 Å². The SMILES string of the molecule is COc1ccc(S(=O)(=O)N(CCc2ccccc2)CC(=O)N[C@H](C)c2ccc(Br)cc2)cc1Cl. The summed E-state index contributed by atoms with van der Waals surface area (Å²) in [6, 6.07) is 21.1. The number of nitrogens with zero attached hydrogens (tertiary/aromatic N) is 1. The first-order chi connectivity index (χ1) is 16.2. The van der Waals surface area contributed by atoms with Crippen LogP contribution in [-0.2, 0) is 21.2 Å². The summed E-state index contributed by atoms with van der Waals surface area (Å²) in [4.78, 5) is 12.9. The molecule has 0 radical (unpaired) electrons. The molecule has 1 atom stereocenters. The third-order valence-electron chi connectivity index (χ3n) is 5.32. The van der Waals surface area contributed by atoms with E-state index in [1.165, 1.54) is 29.6 Å². The number of hydrogen-bond acceptors (Lipinski definition) is 4. The van der Waals surface area contributed by atoms with Crippen molar-refractivity contribution in [2.45, 2.75) is 24.3 Å². The van der Waals surface area contributed by atoms with E-state index in [0.717, 1.165) is 15.6 Å². The lowest BCUT2D eigenvalue weighted by molar-refractivity contribution is -0.121. The van der Waals surface area contributed by atoms with Crippen molar-refractivity contribution < 1.29 is 17.9 Å². The minimum absolute atomic E-state index is 0.000111. The van der Waals surface area contributed by atoms with Crippen LogP contribution in [-0.4, -0.2) is 38.8 Å². The van der Waals surface area contributed by atoms with Crippen LogP contribution in [0.15, 0.2) is 82.2 Å². The molecule has 3 aromatic carbocycles. The van der Waals surface area contributed by atoms with Gasteiger partial charge in [0.05, 0.1) is 29.6 Å². The van der Waals surface area contributed by atoms with Gasteiger partial charge in [-0.25, -0.2) is 8.42 Å². The van der Waals surface area contributed by atoms with E-state index in [4.69, 9.17) is 16.3 Å². The maximum Gasteiger partial charge on any atom is 0.243 e. The number of rotatable bonds is 10. The van der Waals surface area contributed by atoms with Crippen LogP contribution >= 0.6 is 27.5 Å². The molecular formula is C25H26BrClN2O4S. The molecule has 3 aromatic rings. The van der Waals surface area contributed by atoms with Gasteiger partial charge in [-0.15, -0.1) is 0 Å². The summed E-state index contributed by atoms with van der Waals surface area (Å²) in [6.45, 7) is 1.67. The Morgan fingerprint density at radius 3 is 2.38 bits per heavy atom. The number of ether oxygens (including phenoxy) is 1. The van der Waals surface area contributed by atoms with Crippen molar-refractivity contribution in [3.8, 4) is 5.75 Å². The zero-order chi connectivity index (χ0) is 24.7. The van der Waals surface area contributed by atoms with E-state index in [-0.39, 0.29) is 29.0 Å². The molecule has 0 saturated carbocycles. The van der Waals surface area contributed by atoms with Gasteiger partial charge in [-0.1, -0.05) is 70.0 Å². The molecule has 180 valence electrons. The molecule has 0 fully saturated rings. The fourth-order valence-corrected chi connectivity index (χ4v) is 5.43. The van der Waals surface area contributed by atoms with E-state index < -0.39 is 15.9 Å². The predicted octanol–water partition coefficient (Wildman–Crippen LogP) is 5.22. The number of nitrogens with one attached hydrogen (secondary N) is 1. The first-order valence-electron chi connectivity index (χ1n) is 10.6. The number of carbonyl (C=O) groups excluding carboxylic acids is 1. The predicted molar refractivity (Wildman–Crippen MR) is 138 cm³/mol. The number of amides is 1. The Labute approximate surface area is 214 Å². The average molecular weight is 566 g/mol. The van der Waals surface area contributed by atoms with Gasteiger partial charge in [0.25, 0.3) is 0 Å². The summed E-state index contributed by atoms with van der Waals surface area (Å²) in [7, 11) is -2.54. The van der Waals surface area contributed by atoms with Gasteiger partial charge in [0, 0.05) is 11.0 Å². The van der Waals surface area contributed by atoms with E-state index in [1.807, 2.05) is 61.5 Å². The van der Waals surface area contributed by atoms with Crippen LogP contribution in [0.25, 0.3) is 0 Å². The Bertz CT molecular complexity index is 1220. The Morgan fingerprint density at radius 2 is 1.76 bits per heavy atom. The maximum absolute atomic E-state index is 13.5. The second-order valence-corrected chi connectivity index (χ2v) is 11.0. The molecule has 6 nitrogen and oxygen atoms in total. The second-order valence-electron chi connectivity index (χ2n) is 7.71. The van der Waals surface area contributed by atoms with Gasteiger partial charge in [-0.3, -0.25) is 4.79 Å². The highest BCUT2D eigenvalue weighted by Gasteiger charge is 2.28. The van der Waals surface area contributed by atoms with Crippen molar-refractivity contribution in [1.82, 2.24) is 9.62 Å². The van der Waals surface area contributed by atoms with E-state index >= 15 is 0 Å². The highest BCUT2D eigenvalue weighted by molar-refractivity contribution is 9.10. The van der Waals surface area contributed by atoms with Crippen molar-refractivity contribution in [3.63, 3.8) is 0 Å². The van der Waals surface area contributed by atoms with E-state index in [2.05, 4.69) is 21.2 Å². The van der Waals surface area contributed by atoms with Gasteiger partial charge in [0.1, 0.15) is 5.75 Å². The number of sulfonamides is 1. The zero-order valence-electron chi connectivity index (χ0n) is 18.9. The van der Waals surface area contributed by atoms with E-state index in [0.29, 0.717) is 12.2 Å². The Balaban J connectivity index is 1.81. The van der Waals surface area contributed by atoms with Crippen molar-refractivity contribution >= 4 is 43.5 Å². The average Bonchev–Trinajstić information content (AvgIpc) is 2.82. The summed E-state index contributed by atoms with van der Waals surface area (Å²) < 4.78 is 34.2. The van der Waals surface area contributed by atoms with Gasteiger partial charge in [-0.2, -0.15) is 4.31 Å². The summed E-state index contributed by atoms with van der Waals surface area (Å²) in [5.74, 6) is -0.0239. The minimum Gasteiger partial charge on any atom is -0.495 e. The summed E-state index contributed by atoms with van der Waals surface area (Å²) in [6.07, 6.45) is 0.458. The van der Waals surface area contributed by atoms with Crippen molar-refractivity contribution in [1.29, 1.82) is 0 Å². The quantitative estimate of drug-likeness (QED) is 0.366. The standard InChI is InChI=1S/C25H26BrClN2O4S/c1-18(20-8-10-21(26)11-9-20)28-25(30)17-29(15-14-19-6-4-3-5-7-19)34(31,32)22-12-13-24(33-2)23(27)16-22/h3-13,16,18H,14-15,17H2,1-2H3,(H,28,30)/t18-/m1/s1. The highest BCUT2D eigenvalue weighted by atomic mass is 79.9. The highest BCUT2D eigenvalue weighted by Crippen LogP contribution is 2.28. The monoisotopic (exact) mass is 564 g/mol. The number of benzene rings is 3. The van der Waals surface area contributed by atoms with Gasteiger partial charge in [0.2, 0.25) is 15.9 Å². The van der Waals surface area contributed by atoms with E-state index in [9.17, 15) is 13.2 Å². The number of methoxy groups -OCH3 is 1. The smallest absolute Gasteiger partial charge is 0.243 e. The number of halogens is 2. The van der Waals surface area contributed by atoms with Crippen molar-refractivity contribution in [2.75, 3.05) is 20.2 Å². The third kappa shape index (κ3) is 6.82. The molecule has 9 heteroatoms. The fourth-order valence-electron chi connectivity index (χ4n) is 3.42. The second kappa shape index (κ2) is 11.8. The van der Waals surface area contributed by atoms with Crippen molar-refractivity contribution in [2.24, 2.45) is 0 Å². The minimum atomic E-state index is -3.99. The van der Waals surface area contributed by atoms with Crippen LogP contribution < -0.4 is 10.1 Å². The molecule has 0 aromatic heterocycles. The molecule has 0 aliphatic rings. The number of carbonyl (C=O) groups is 1. The Morgan fingerprint density at radius 1 is 1.09 bits per heavy atom. The van der Waals surface area contributed by atoms with Gasteiger partial charge in [0.15, 0.2) is 0 Å². The molecule has 0 aliphatic carbocycles. The molecule has 0 unspecified atom stereocenters. The van der Waals surface area contributed by atoms with Gasteiger partial charge in [-0.05, 0) is 54.8 Å². The van der Waals surface area contributed by atoms with E-state index in [1.54, 1.807) is 0 Å². The summed E-state index contributed by atoms with van der Waals surface area (Å²) in [5.41, 5.74) is 1.89. The first kappa shape index (κ1) is 26.2. The molecule has 0 bridgehead atoms. The van der Waals surface area contributed by atoms with Crippen molar-refractivity contribution in [3.05, 3.63) is 93.4 Å². The lowest BCUT2D eigenvalue weighted by atomic mass is 10.1. The molecule has 34 heavy (non-hydrogen) atoms. The Kier molecular flexibility index (Phi) is 9.13. The lowest BCUT2D eigenvalue weighted by Crippen LogP contribution is -2.42. The largest absolute Gasteiger partial charge is 0.495 e. The lowest BCUT2D eigenvalue weighted by Gasteiger charge is -2.23. The van der Waals surface area contributed by atoms with Crippen LogP contribution in [0.4, 0.5) is 0 Å². The van der Waals surface area contributed by atoms with Gasteiger partial charge < -0.3 is 10.1 Å².